The molecule has 7 nitrogen and oxygen atoms in total. The number of halogens is 1. The minimum Gasteiger partial charge on any atom is -0.477 e. The van der Waals surface area contributed by atoms with Crippen molar-refractivity contribution in [3.8, 4) is 0 Å². The van der Waals surface area contributed by atoms with Crippen molar-refractivity contribution in [1.82, 2.24) is 0 Å². The summed E-state index contributed by atoms with van der Waals surface area (Å²) < 4.78 is 14.1. The molecule has 2 rings (SSSR count). The maximum absolute atomic E-state index is 14.1. The van der Waals surface area contributed by atoms with Crippen LogP contribution in [0.2, 0.25) is 0 Å². The van der Waals surface area contributed by atoms with Crippen LogP contribution in [-0.4, -0.2) is 40.3 Å². The molecule has 0 radical (unpaired) electrons. The van der Waals surface area contributed by atoms with Crippen molar-refractivity contribution in [3.05, 3.63) is 33.6 Å². The highest BCUT2D eigenvalue weighted by Crippen LogP contribution is 2.34. The number of aromatic carboxylic acids is 1. The molecule has 114 valence electrons. The van der Waals surface area contributed by atoms with Crippen molar-refractivity contribution in [2.45, 2.75) is 25.3 Å². The molecular formula is C13H15FN2O5. The summed E-state index contributed by atoms with van der Waals surface area (Å²) in [5.74, 6) is -2.34. The van der Waals surface area contributed by atoms with Gasteiger partial charge in [-0.05, 0) is 25.3 Å². The van der Waals surface area contributed by atoms with E-state index in [-0.39, 0.29) is 24.9 Å². The molecule has 0 aliphatic heterocycles. The Labute approximate surface area is 119 Å². The number of anilines is 1. The van der Waals surface area contributed by atoms with E-state index in [1.165, 1.54) is 0 Å². The van der Waals surface area contributed by atoms with Crippen molar-refractivity contribution in [2.75, 3.05) is 18.1 Å². The normalized spacial score (nSPS) is 14.6. The number of aliphatic hydroxyl groups is 1. The SMILES string of the molecule is O=C(O)c1cc(N(CCO)C2CCC2)c(F)cc1[N+](=O)[O-]. The van der Waals surface area contributed by atoms with E-state index >= 15 is 0 Å². The Bertz CT molecular complexity index is 574. The van der Waals surface area contributed by atoms with Gasteiger partial charge in [0.2, 0.25) is 0 Å². The van der Waals surface area contributed by atoms with Gasteiger partial charge in [0, 0.05) is 12.6 Å². The first-order valence-corrected chi connectivity index (χ1v) is 6.54. The number of carbonyl (C=O) groups is 1. The van der Waals surface area contributed by atoms with Crippen molar-refractivity contribution in [2.24, 2.45) is 0 Å². The van der Waals surface area contributed by atoms with Crippen molar-refractivity contribution < 1.29 is 24.3 Å². The molecule has 2 N–H and O–H groups in total. The maximum Gasteiger partial charge on any atom is 0.342 e. The summed E-state index contributed by atoms with van der Waals surface area (Å²) in [5, 5.41) is 29.0. The predicted octanol–water partition coefficient (Wildman–Crippen LogP) is 1.78. The van der Waals surface area contributed by atoms with Gasteiger partial charge in [-0.3, -0.25) is 10.1 Å². The molecule has 0 atom stereocenters. The number of carboxylic acid groups (broad SMARTS) is 1. The van der Waals surface area contributed by atoms with E-state index in [1.807, 2.05) is 0 Å². The minimum atomic E-state index is -1.49. The zero-order valence-corrected chi connectivity index (χ0v) is 11.2. The van der Waals surface area contributed by atoms with Gasteiger partial charge in [0.1, 0.15) is 5.56 Å². The smallest absolute Gasteiger partial charge is 0.342 e. The summed E-state index contributed by atoms with van der Waals surface area (Å²) in [6.07, 6.45) is 2.62. The number of carboxylic acids is 1. The molecule has 1 aromatic carbocycles. The van der Waals surface area contributed by atoms with E-state index < -0.39 is 28.0 Å². The summed E-state index contributed by atoms with van der Waals surface area (Å²) in [6.45, 7) is -0.0617. The fraction of sp³-hybridized carbons (Fsp3) is 0.462. The second-order valence-corrected chi connectivity index (χ2v) is 4.88. The number of rotatable bonds is 6. The molecule has 0 amide bonds. The Kier molecular flexibility index (Phi) is 4.37. The molecule has 1 aliphatic carbocycles. The van der Waals surface area contributed by atoms with Crippen LogP contribution in [0.3, 0.4) is 0 Å². The zero-order chi connectivity index (χ0) is 15.6. The molecule has 0 aromatic heterocycles. The van der Waals surface area contributed by atoms with Crippen LogP contribution in [0.15, 0.2) is 12.1 Å². The van der Waals surface area contributed by atoms with Gasteiger partial charge in [-0.25, -0.2) is 9.18 Å². The topological polar surface area (TPSA) is 104 Å². The molecule has 0 heterocycles. The lowest BCUT2D eigenvalue weighted by molar-refractivity contribution is -0.385. The minimum absolute atomic E-state index is 0.0169. The third kappa shape index (κ3) is 2.94. The van der Waals surface area contributed by atoms with Crippen LogP contribution in [0.5, 0.6) is 0 Å². The number of nitro benzene ring substituents is 1. The monoisotopic (exact) mass is 298 g/mol. The fourth-order valence-corrected chi connectivity index (χ4v) is 2.40. The van der Waals surface area contributed by atoms with E-state index in [1.54, 1.807) is 4.90 Å². The van der Waals surface area contributed by atoms with Gasteiger partial charge in [-0.15, -0.1) is 0 Å². The Morgan fingerprint density at radius 2 is 2.14 bits per heavy atom. The van der Waals surface area contributed by atoms with Crippen molar-refractivity contribution >= 4 is 17.3 Å². The third-order valence-corrected chi connectivity index (χ3v) is 3.66. The Balaban J connectivity index is 2.49. The average Bonchev–Trinajstić information content (AvgIpc) is 2.35. The number of hydrogen-bond acceptors (Lipinski definition) is 5. The van der Waals surface area contributed by atoms with Crippen LogP contribution in [0.1, 0.15) is 29.6 Å². The summed E-state index contributed by atoms with van der Waals surface area (Å²) >= 11 is 0. The molecule has 0 spiro atoms. The number of aliphatic hydroxyl groups excluding tert-OH is 1. The average molecular weight is 298 g/mol. The van der Waals surface area contributed by atoms with E-state index in [0.29, 0.717) is 6.07 Å². The first kappa shape index (κ1) is 15.2. The molecule has 1 aliphatic rings. The van der Waals surface area contributed by atoms with E-state index in [4.69, 9.17) is 10.2 Å². The second kappa shape index (κ2) is 6.04. The van der Waals surface area contributed by atoms with Crippen LogP contribution in [0.4, 0.5) is 15.8 Å². The van der Waals surface area contributed by atoms with Crippen LogP contribution < -0.4 is 4.90 Å². The standard InChI is InChI=1S/C13H15FN2O5/c14-10-7-11(16(20)21)9(13(18)19)6-12(10)15(4-5-17)8-2-1-3-8/h6-8,17H,1-5H2,(H,18,19). The lowest BCUT2D eigenvalue weighted by atomic mass is 9.90. The highest BCUT2D eigenvalue weighted by atomic mass is 19.1. The fourth-order valence-electron chi connectivity index (χ4n) is 2.40. The van der Waals surface area contributed by atoms with Crippen LogP contribution in [0.25, 0.3) is 0 Å². The van der Waals surface area contributed by atoms with Crippen molar-refractivity contribution in [3.63, 3.8) is 0 Å². The van der Waals surface area contributed by atoms with E-state index in [2.05, 4.69) is 0 Å². The quantitative estimate of drug-likeness (QED) is 0.613. The number of nitrogens with zero attached hydrogens (tertiary/aromatic N) is 2. The predicted molar refractivity (Wildman–Crippen MR) is 72.1 cm³/mol. The zero-order valence-electron chi connectivity index (χ0n) is 11.2. The lowest BCUT2D eigenvalue weighted by Crippen LogP contribution is -2.42. The van der Waals surface area contributed by atoms with Crippen LogP contribution >= 0.6 is 0 Å². The van der Waals surface area contributed by atoms with E-state index in [9.17, 15) is 19.3 Å². The molecule has 1 fully saturated rings. The van der Waals surface area contributed by atoms with Gasteiger partial charge >= 0.3 is 5.97 Å². The summed E-state index contributed by atoms with van der Waals surface area (Å²) in [5.41, 5.74) is -1.35. The Hall–Kier alpha value is -2.22. The second-order valence-electron chi connectivity index (χ2n) is 4.88. The molecule has 21 heavy (non-hydrogen) atoms. The Morgan fingerprint density at radius 3 is 2.57 bits per heavy atom. The molecule has 1 saturated carbocycles. The van der Waals surface area contributed by atoms with E-state index in [0.717, 1.165) is 25.3 Å². The first-order valence-electron chi connectivity index (χ1n) is 6.54. The molecule has 0 bridgehead atoms. The summed E-state index contributed by atoms with van der Waals surface area (Å²) in [7, 11) is 0. The maximum atomic E-state index is 14.1. The highest BCUT2D eigenvalue weighted by molar-refractivity contribution is 5.93. The van der Waals surface area contributed by atoms with Gasteiger partial charge in [-0.2, -0.15) is 0 Å². The number of nitro groups is 1. The van der Waals surface area contributed by atoms with Gasteiger partial charge in [0.25, 0.3) is 5.69 Å². The molecule has 0 saturated heterocycles. The largest absolute Gasteiger partial charge is 0.477 e. The van der Waals surface area contributed by atoms with Crippen molar-refractivity contribution in [1.29, 1.82) is 0 Å². The molecule has 8 heteroatoms. The lowest BCUT2D eigenvalue weighted by Gasteiger charge is -2.39. The van der Waals surface area contributed by atoms with Gasteiger partial charge in [0.15, 0.2) is 5.82 Å². The highest BCUT2D eigenvalue weighted by Gasteiger charge is 2.30. The first-order chi connectivity index (χ1) is 9.95. The number of hydrogen-bond donors (Lipinski definition) is 2. The molecular weight excluding hydrogens is 283 g/mol. The molecule has 0 unspecified atom stereocenters. The summed E-state index contributed by atoms with van der Waals surface area (Å²) in [6, 6.07) is 1.63. The molecule has 1 aromatic rings. The van der Waals surface area contributed by atoms with Gasteiger partial charge in [-0.1, -0.05) is 0 Å². The van der Waals surface area contributed by atoms with Gasteiger partial charge < -0.3 is 15.1 Å². The Morgan fingerprint density at radius 1 is 1.48 bits per heavy atom. The van der Waals surface area contributed by atoms with Crippen LogP contribution in [-0.2, 0) is 0 Å². The summed E-state index contributed by atoms with van der Waals surface area (Å²) in [4.78, 5) is 22.6. The van der Waals surface area contributed by atoms with Crippen LogP contribution in [0, 0.1) is 15.9 Å². The number of benzene rings is 1. The third-order valence-electron chi connectivity index (χ3n) is 3.66. The van der Waals surface area contributed by atoms with Gasteiger partial charge in [0.05, 0.1) is 23.3 Å².